The van der Waals surface area contributed by atoms with Gasteiger partial charge in [0, 0.05) is 30.4 Å². The number of hydrogen-bond donors (Lipinski definition) is 0. The molecule has 0 atom stereocenters. The van der Waals surface area contributed by atoms with Gasteiger partial charge in [-0.3, -0.25) is 19.8 Å². The van der Waals surface area contributed by atoms with Gasteiger partial charge < -0.3 is 4.90 Å². The minimum Gasteiger partial charge on any atom is -0.372 e. The van der Waals surface area contributed by atoms with E-state index < -0.39 is 10.7 Å². The predicted molar refractivity (Wildman–Crippen MR) is 96.5 cm³/mol. The molecule has 1 aliphatic carbocycles. The maximum atomic E-state index is 11.8. The van der Waals surface area contributed by atoms with E-state index in [-0.39, 0.29) is 11.2 Å². The Morgan fingerprint density at radius 2 is 1.92 bits per heavy atom. The maximum absolute atomic E-state index is 11.8. The third-order valence-electron chi connectivity index (χ3n) is 5.54. The van der Waals surface area contributed by atoms with Crippen molar-refractivity contribution in [3.63, 3.8) is 0 Å². The van der Waals surface area contributed by atoms with Crippen molar-refractivity contribution in [1.29, 1.82) is 0 Å². The molecule has 0 unspecified atom stereocenters. The van der Waals surface area contributed by atoms with Crippen LogP contribution in [0, 0.1) is 16.0 Å². The van der Waals surface area contributed by atoms with Crippen LogP contribution in [-0.2, 0) is 4.79 Å². The number of fused-ring (bicyclic) bond motifs is 1. The van der Waals surface area contributed by atoms with Crippen LogP contribution >= 0.6 is 0 Å². The van der Waals surface area contributed by atoms with Crippen LogP contribution in [0.3, 0.4) is 0 Å². The number of ketones is 1. The zero-order valence-corrected chi connectivity index (χ0v) is 15.3. The molecule has 0 bridgehead atoms. The number of nitrogens with zero attached hydrogens (tertiary/aromatic N) is 3. The van der Waals surface area contributed by atoms with Gasteiger partial charge in [-0.05, 0) is 71.2 Å². The van der Waals surface area contributed by atoms with Crippen molar-refractivity contribution in [2.24, 2.45) is 5.92 Å². The lowest BCUT2D eigenvalue weighted by molar-refractivity contribution is -0.419. The Kier molecular flexibility index (Phi) is 4.82. The summed E-state index contributed by atoms with van der Waals surface area (Å²) in [6.45, 7) is 10.4. The molecule has 0 aromatic carbocycles. The van der Waals surface area contributed by atoms with Crippen molar-refractivity contribution in [1.82, 2.24) is 9.80 Å². The Morgan fingerprint density at radius 1 is 1.24 bits per heavy atom. The summed E-state index contributed by atoms with van der Waals surface area (Å²) in [5.41, 5.74) is 1.37. The highest BCUT2D eigenvalue weighted by Crippen LogP contribution is 2.31. The zero-order valence-electron chi connectivity index (χ0n) is 15.3. The first-order valence-electron chi connectivity index (χ1n) is 9.07. The Labute approximate surface area is 149 Å². The fraction of sp³-hybridized carbons (Fsp3) is 0.632. The summed E-state index contributed by atoms with van der Waals surface area (Å²) >= 11 is 0. The quantitative estimate of drug-likeness (QED) is 0.579. The van der Waals surface area contributed by atoms with Gasteiger partial charge in [-0.2, -0.15) is 0 Å². The third kappa shape index (κ3) is 3.84. The van der Waals surface area contributed by atoms with Gasteiger partial charge >= 0.3 is 5.70 Å². The molecule has 1 saturated heterocycles. The molecule has 6 heteroatoms. The first-order chi connectivity index (χ1) is 11.8. The van der Waals surface area contributed by atoms with Crippen LogP contribution < -0.4 is 0 Å². The van der Waals surface area contributed by atoms with Crippen molar-refractivity contribution in [3.05, 3.63) is 45.3 Å². The van der Waals surface area contributed by atoms with E-state index in [1.165, 1.54) is 18.9 Å². The largest absolute Gasteiger partial charge is 0.372 e. The number of rotatable bonds is 4. The van der Waals surface area contributed by atoms with Gasteiger partial charge in [0.25, 0.3) is 5.78 Å². The Bertz CT molecular complexity index is 662. The molecule has 136 valence electrons. The van der Waals surface area contributed by atoms with Gasteiger partial charge in [-0.25, -0.2) is 0 Å². The highest BCUT2D eigenvalue weighted by Gasteiger charge is 2.34. The standard InChI is InChI=1S/C19H27N3O3/c1-19(2,3)21-10-7-14(8-11-21)6-9-20-12-15-4-5-17(23)18(22(24)25)16(15)13-20/h4-5,12,14H,6-11,13H2,1-3H3. The first-order valence-corrected chi connectivity index (χ1v) is 9.07. The molecular weight excluding hydrogens is 318 g/mol. The van der Waals surface area contributed by atoms with Gasteiger partial charge in [0.05, 0.1) is 10.5 Å². The summed E-state index contributed by atoms with van der Waals surface area (Å²) in [5, 5.41) is 11.2. The molecule has 6 nitrogen and oxygen atoms in total. The normalized spacial score (nSPS) is 22.4. The monoisotopic (exact) mass is 345 g/mol. The molecule has 0 N–H and O–H groups in total. The molecule has 0 saturated carbocycles. The predicted octanol–water partition coefficient (Wildman–Crippen LogP) is 2.76. The molecule has 2 heterocycles. The smallest absolute Gasteiger partial charge is 0.321 e. The fourth-order valence-corrected chi connectivity index (χ4v) is 3.95. The van der Waals surface area contributed by atoms with E-state index in [9.17, 15) is 14.9 Å². The third-order valence-corrected chi connectivity index (χ3v) is 5.54. The lowest BCUT2D eigenvalue weighted by Crippen LogP contribution is -2.46. The Morgan fingerprint density at radius 3 is 2.52 bits per heavy atom. The van der Waals surface area contributed by atoms with Crippen LogP contribution in [0.4, 0.5) is 0 Å². The second-order valence-corrected chi connectivity index (χ2v) is 8.23. The van der Waals surface area contributed by atoms with Crippen molar-refractivity contribution >= 4 is 5.78 Å². The molecule has 25 heavy (non-hydrogen) atoms. The molecule has 0 aromatic rings. The van der Waals surface area contributed by atoms with Crippen molar-refractivity contribution in [3.8, 4) is 0 Å². The fourth-order valence-electron chi connectivity index (χ4n) is 3.95. The molecule has 0 radical (unpaired) electrons. The van der Waals surface area contributed by atoms with Crippen LogP contribution in [0.25, 0.3) is 0 Å². The molecule has 2 aliphatic heterocycles. The first kappa shape index (κ1) is 17.9. The molecule has 0 aromatic heterocycles. The number of carbonyl (C=O) groups excluding carboxylic acids is 1. The number of piperidine rings is 1. The number of carbonyl (C=O) groups is 1. The lowest BCUT2D eigenvalue weighted by atomic mass is 9.90. The van der Waals surface area contributed by atoms with Crippen LogP contribution in [-0.4, -0.2) is 52.2 Å². The molecule has 0 spiro atoms. The average molecular weight is 345 g/mol. The van der Waals surface area contributed by atoms with Gasteiger partial charge in [0.2, 0.25) is 0 Å². The van der Waals surface area contributed by atoms with Crippen LogP contribution in [0.2, 0.25) is 0 Å². The Balaban J connectivity index is 1.55. The number of likely N-dealkylation sites (tertiary alicyclic amines) is 1. The van der Waals surface area contributed by atoms with Crippen molar-refractivity contribution in [2.75, 3.05) is 26.2 Å². The van der Waals surface area contributed by atoms with E-state index in [0.29, 0.717) is 18.0 Å². The van der Waals surface area contributed by atoms with Crippen molar-refractivity contribution < 1.29 is 9.72 Å². The summed E-state index contributed by atoms with van der Waals surface area (Å²) in [4.78, 5) is 27.1. The highest BCUT2D eigenvalue weighted by molar-refractivity contribution is 6.05. The van der Waals surface area contributed by atoms with E-state index in [4.69, 9.17) is 0 Å². The number of hydrogen-bond acceptors (Lipinski definition) is 5. The highest BCUT2D eigenvalue weighted by atomic mass is 16.6. The zero-order chi connectivity index (χ0) is 18.2. The van der Waals surface area contributed by atoms with Gasteiger partial charge in [0.15, 0.2) is 0 Å². The topological polar surface area (TPSA) is 66.7 Å². The number of nitro groups is 1. The van der Waals surface area contributed by atoms with E-state index in [0.717, 1.165) is 31.6 Å². The maximum Gasteiger partial charge on any atom is 0.321 e. The minimum atomic E-state index is -0.541. The van der Waals surface area contributed by atoms with Crippen LogP contribution in [0.1, 0.15) is 40.0 Å². The molecule has 0 amide bonds. The van der Waals surface area contributed by atoms with Gasteiger partial charge in [-0.15, -0.1) is 0 Å². The summed E-state index contributed by atoms with van der Waals surface area (Å²) in [7, 11) is 0. The van der Waals surface area contributed by atoms with E-state index in [1.807, 2.05) is 6.20 Å². The SMILES string of the molecule is CC(C)(C)N1CCC(CCN2C=C3C=CC(=O)C([N+](=O)[O-])=C3C2)CC1. The van der Waals surface area contributed by atoms with E-state index >= 15 is 0 Å². The summed E-state index contributed by atoms with van der Waals surface area (Å²) in [6, 6.07) is 0. The average Bonchev–Trinajstić information content (AvgIpc) is 2.94. The van der Waals surface area contributed by atoms with Gasteiger partial charge in [0.1, 0.15) is 0 Å². The molecule has 3 aliphatic rings. The number of allylic oxidation sites excluding steroid dienone is 2. The molecule has 3 rings (SSSR count). The molecule has 1 fully saturated rings. The summed E-state index contributed by atoms with van der Waals surface area (Å²) < 4.78 is 0. The lowest BCUT2D eigenvalue weighted by Gasteiger charge is -2.41. The summed E-state index contributed by atoms with van der Waals surface area (Å²) in [5.74, 6) is 0.217. The minimum absolute atomic E-state index is 0.240. The van der Waals surface area contributed by atoms with Gasteiger partial charge in [-0.1, -0.05) is 0 Å². The Hall–Kier alpha value is -1.95. The van der Waals surface area contributed by atoms with Crippen LogP contribution in [0.15, 0.2) is 35.2 Å². The van der Waals surface area contributed by atoms with Crippen LogP contribution in [0.5, 0.6) is 0 Å². The van der Waals surface area contributed by atoms with Crippen molar-refractivity contribution in [2.45, 2.75) is 45.6 Å². The molecular formula is C19H27N3O3. The second-order valence-electron chi connectivity index (χ2n) is 8.23. The summed E-state index contributed by atoms with van der Waals surface area (Å²) in [6.07, 6.45) is 8.49. The van der Waals surface area contributed by atoms with E-state index in [2.05, 4.69) is 30.6 Å². The van der Waals surface area contributed by atoms with E-state index in [1.54, 1.807) is 6.08 Å². The second kappa shape index (κ2) is 6.75.